The summed E-state index contributed by atoms with van der Waals surface area (Å²) in [7, 11) is 0. The minimum absolute atomic E-state index is 0.150. The number of nitrogens with one attached hydrogen (secondary N) is 2. The van der Waals surface area contributed by atoms with Gasteiger partial charge in [-0.2, -0.15) is 0 Å². The quantitative estimate of drug-likeness (QED) is 0.320. The third-order valence-corrected chi connectivity index (χ3v) is 6.69. The highest BCUT2D eigenvalue weighted by Crippen LogP contribution is 2.36. The maximum absolute atomic E-state index is 12.4. The molecule has 3 aromatic rings. The summed E-state index contributed by atoms with van der Waals surface area (Å²) in [5.41, 5.74) is 3.33. The minimum atomic E-state index is -0.264. The van der Waals surface area contributed by atoms with E-state index in [0.717, 1.165) is 22.5 Å². The molecule has 0 spiro atoms. The zero-order valence-electron chi connectivity index (χ0n) is 18.0. The normalized spacial score (nSPS) is 15.4. The number of anilines is 1. The van der Waals surface area contributed by atoms with Crippen LogP contribution in [0.3, 0.4) is 0 Å². The molecule has 1 saturated heterocycles. The van der Waals surface area contributed by atoms with Crippen LogP contribution in [0, 0.1) is 6.92 Å². The minimum Gasteiger partial charge on any atom is -0.481 e. The number of aryl methyl sites for hydroxylation is 1. The highest BCUT2D eigenvalue weighted by molar-refractivity contribution is 9.11. The van der Waals surface area contributed by atoms with E-state index in [1.807, 2.05) is 73.7 Å². The van der Waals surface area contributed by atoms with Gasteiger partial charge in [-0.15, -0.1) is 0 Å². The van der Waals surface area contributed by atoms with E-state index in [0.29, 0.717) is 24.8 Å². The van der Waals surface area contributed by atoms with Gasteiger partial charge in [-0.1, -0.05) is 30.3 Å². The van der Waals surface area contributed by atoms with Crippen LogP contribution < -0.4 is 15.4 Å². The number of rotatable bonds is 6. The number of amides is 2. The molecule has 0 saturated carbocycles. The second-order valence-corrected chi connectivity index (χ2v) is 10.1. The van der Waals surface area contributed by atoms with Crippen molar-refractivity contribution in [2.24, 2.45) is 4.99 Å². The van der Waals surface area contributed by atoms with E-state index in [9.17, 15) is 9.59 Å². The van der Waals surface area contributed by atoms with Crippen LogP contribution in [-0.2, 0) is 9.59 Å². The predicted octanol–water partition coefficient (Wildman–Crippen LogP) is 6.43. The van der Waals surface area contributed by atoms with Crippen molar-refractivity contribution in [2.75, 3.05) is 11.9 Å². The molecule has 0 unspecified atom stereocenters. The monoisotopic (exact) mass is 599 g/mol. The van der Waals surface area contributed by atoms with Crippen LogP contribution in [0.4, 0.5) is 11.4 Å². The fourth-order valence-corrected chi connectivity index (χ4v) is 5.40. The summed E-state index contributed by atoms with van der Waals surface area (Å²) >= 11 is 8.27. The Morgan fingerprint density at radius 3 is 2.53 bits per heavy atom. The fraction of sp³-hybridized carbons (Fsp3) is 0.0800. The van der Waals surface area contributed by atoms with Gasteiger partial charge in [-0.05, 0) is 104 Å². The Hall–Kier alpha value is -2.88. The van der Waals surface area contributed by atoms with Gasteiger partial charge in [-0.3, -0.25) is 9.59 Å². The fourth-order valence-electron chi connectivity index (χ4n) is 3.11. The number of aliphatic imine (C=N–C) groups is 1. The topological polar surface area (TPSA) is 79.8 Å². The van der Waals surface area contributed by atoms with Crippen molar-refractivity contribution in [3.63, 3.8) is 0 Å². The van der Waals surface area contributed by atoms with Crippen LogP contribution in [0.2, 0.25) is 0 Å². The zero-order chi connectivity index (χ0) is 24.1. The van der Waals surface area contributed by atoms with Crippen molar-refractivity contribution in [1.82, 2.24) is 5.32 Å². The average molecular weight is 601 g/mol. The molecule has 1 aliphatic rings. The van der Waals surface area contributed by atoms with Gasteiger partial charge < -0.3 is 15.4 Å². The molecule has 1 aliphatic heterocycles. The number of benzene rings is 3. The van der Waals surface area contributed by atoms with Crippen LogP contribution in [0.25, 0.3) is 6.08 Å². The number of carbonyl (C=O) groups excluding carboxylic acids is 2. The predicted molar refractivity (Wildman–Crippen MR) is 144 cm³/mol. The molecule has 2 N–H and O–H groups in total. The molecule has 0 aliphatic carbocycles. The van der Waals surface area contributed by atoms with E-state index < -0.39 is 0 Å². The van der Waals surface area contributed by atoms with Crippen molar-refractivity contribution in [2.45, 2.75) is 6.92 Å². The molecule has 0 bridgehead atoms. The Bertz CT molecular complexity index is 1290. The largest absolute Gasteiger partial charge is 0.481 e. The van der Waals surface area contributed by atoms with Crippen molar-refractivity contribution < 1.29 is 14.3 Å². The lowest BCUT2D eigenvalue weighted by Crippen LogP contribution is -2.20. The SMILES string of the molecule is Cc1cccc(NC(=O)COc2c(Br)cc(/C=C3\SC(=Nc4ccccc4)NC3=O)cc2Br)c1. The molecular formula is C25H19Br2N3O3S. The van der Waals surface area contributed by atoms with Crippen molar-refractivity contribution in [1.29, 1.82) is 0 Å². The maximum Gasteiger partial charge on any atom is 0.264 e. The molecule has 1 fully saturated rings. The molecule has 34 heavy (non-hydrogen) atoms. The van der Waals surface area contributed by atoms with E-state index >= 15 is 0 Å². The number of thioether (sulfide) groups is 1. The second-order valence-electron chi connectivity index (χ2n) is 7.34. The second kappa shape index (κ2) is 11.0. The van der Waals surface area contributed by atoms with E-state index in [1.54, 1.807) is 6.08 Å². The van der Waals surface area contributed by atoms with E-state index in [1.165, 1.54) is 11.8 Å². The number of para-hydroxylation sites is 1. The molecule has 1 heterocycles. The number of halogens is 2. The highest BCUT2D eigenvalue weighted by Gasteiger charge is 2.24. The van der Waals surface area contributed by atoms with Gasteiger partial charge in [0.1, 0.15) is 5.75 Å². The van der Waals surface area contributed by atoms with Crippen LogP contribution >= 0.6 is 43.6 Å². The molecule has 172 valence electrons. The smallest absolute Gasteiger partial charge is 0.264 e. The summed E-state index contributed by atoms with van der Waals surface area (Å²) in [5.74, 6) is 0.0244. The van der Waals surface area contributed by atoms with Gasteiger partial charge in [-0.25, -0.2) is 4.99 Å². The number of nitrogens with zero attached hydrogens (tertiary/aromatic N) is 1. The summed E-state index contributed by atoms with van der Waals surface area (Å²) in [6, 6.07) is 20.6. The van der Waals surface area contributed by atoms with Crippen LogP contribution in [0.5, 0.6) is 5.75 Å². The molecule has 4 rings (SSSR count). The Morgan fingerprint density at radius 1 is 1.09 bits per heavy atom. The Labute approximate surface area is 218 Å². The van der Waals surface area contributed by atoms with Gasteiger partial charge in [0.25, 0.3) is 11.8 Å². The molecule has 0 atom stereocenters. The summed E-state index contributed by atoms with van der Waals surface area (Å²) < 4.78 is 7.03. The summed E-state index contributed by atoms with van der Waals surface area (Å²) in [4.78, 5) is 29.7. The number of carbonyl (C=O) groups is 2. The number of ether oxygens (including phenoxy) is 1. The average Bonchev–Trinajstić information content (AvgIpc) is 3.12. The molecule has 0 aromatic heterocycles. The van der Waals surface area contributed by atoms with Crippen LogP contribution in [-0.4, -0.2) is 23.6 Å². The molecule has 9 heteroatoms. The highest BCUT2D eigenvalue weighted by atomic mass is 79.9. The molecule has 6 nitrogen and oxygen atoms in total. The first kappa shape index (κ1) is 24.3. The third-order valence-electron chi connectivity index (χ3n) is 4.61. The van der Waals surface area contributed by atoms with Gasteiger partial charge in [0.15, 0.2) is 11.8 Å². The molecular weight excluding hydrogens is 582 g/mol. The lowest BCUT2D eigenvalue weighted by molar-refractivity contribution is -0.118. The van der Waals surface area contributed by atoms with Crippen molar-refractivity contribution in [3.05, 3.63) is 91.7 Å². The number of amidine groups is 1. The zero-order valence-corrected chi connectivity index (χ0v) is 22.0. The maximum atomic E-state index is 12.4. The molecule has 2 amide bonds. The van der Waals surface area contributed by atoms with Crippen LogP contribution in [0.1, 0.15) is 11.1 Å². The third kappa shape index (κ3) is 6.37. The number of hydrogen-bond donors (Lipinski definition) is 2. The van der Waals surface area contributed by atoms with Crippen molar-refractivity contribution >= 4 is 78.1 Å². The van der Waals surface area contributed by atoms with Gasteiger partial charge in [0.05, 0.1) is 19.5 Å². The van der Waals surface area contributed by atoms with Crippen LogP contribution in [0.15, 0.2) is 85.6 Å². The summed E-state index contributed by atoms with van der Waals surface area (Å²) in [6.07, 6.45) is 1.78. The number of hydrogen-bond acceptors (Lipinski definition) is 5. The first-order valence-electron chi connectivity index (χ1n) is 10.2. The van der Waals surface area contributed by atoms with E-state index in [2.05, 4.69) is 47.5 Å². The van der Waals surface area contributed by atoms with E-state index in [-0.39, 0.29) is 18.4 Å². The van der Waals surface area contributed by atoms with Gasteiger partial charge in [0, 0.05) is 5.69 Å². The first-order valence-corrected chi connectivity index (χ1v) is 12.6. The van der Waals surface area contributed by atoms with E-state index in [4.69, 9.17) is 4.74 Å². The summed E-state index contributed by atoms with van der Waals surface area (Å²) in [6.45, 7) is 1.81. The summed E-state index contributed by atoms with van der Waals surface area (Å²) in [5, 5.41) is 6.13. The van der Waals surface area contributed by atoms with Gasteiger partial charge in [0.2, 0.25) is 0 Å². The van der Waals surface area contributed by atoms with Crippen molar-refractivity contribution in [3.8, 4) is 5.75 Å². The first-order chi connectivity index (χ1) is 16.4. The molecule has 3 aromatic carbocycles. The molecule has 0 radical (unpaired) electrons. The Kier molecular flexibility index (Phi) is 7.87. The lowest BCUT2D eigenvalue weighted by Gasteiger charge is -2.12. The standard InChI is InChI=1S/C25H19Br2N3O3S/c1-15-6-5-9-18(10-15)28-22(31)14-33-23-19(26)11-16(12-20(23)27)13-21-24(32)30-25(34-21)29-17-7-3-2-4-8-17/h2-13H,14H2,1H3,(H,28,31)(H,29,30,32)/b21-13-. The Morgan fingerprint density at radius 2 is 1.82 bits per heavy atom. The lowest BCUT2D eigenvalue weighted by atomic mass is 10.2. The Balaban J connectivity index is 1.43. The van der Waals surface area contributed by atoms with Gasteiger partial charge >= 0.3 is 0 Å².